The summed E-state index contributed by atoms with van der Waals surface area (Å²) >= 11 is 0. The molecule has 0 atom stereocenters. The van der Waals surface area contributed by atoms with Crippen molar-refractivity contribution in [2.24, 2.45) is 0 Å². The number of aryl methyl sites for hydroxylation is 1. The molecule has 1 amide bonds. The zero-order chi connectivity index (χ0) is 28.8. The van der Waals surface area contributed by atoms with Crippen LogP contribution in [0.5, 0.6) is 0 Å². The Morgan fingerprint density at radius 1 is 1.10 bits per heavy atom. The van der Waals surface area contributed by atoms with Gasteiger partial charge in [0.25, 0.3) is 0 Å². The molecule has 2 N–H and O–H groups in total. The fraction of sp³-hybridized carbons (Fsp3) is 0.407. The zero-order valence-electron chi connectivity index (χ0n) is 22.1. The van der Waals surface area contributed by atoms with Crippen molar-refractivity contribution in [1.29, 1.82) is 5.26 Å². The number of ether oxygens (including phenoxy) is 2. The van der Waals surface area contributed by atoms with Crippen LogP contribution in [0.1, 0.15) is 61.5 Å². The largest absolute Gasteiger partial charge is 0.465 e. The van der Waals surface area contributed by atoms with E-state index in [1.807, 2.05) is 0 Å². The molecule has 12 heteroatoms. The maximum Gasteiger partial charge on any atom is 0.417 e. The topological polar surface area (TPSA) is 118 Å². The van der Waals surface area contributed by atoms with Gasteiger partial charge >= 0.3 is 18.2 Å². The van der Waals surface area contributed by atoms with Crippen LogP contribution in [-0.4, -0.2) is 40.9 Å². The molecular formula is C27H30F3N5O4. The lowest BCUT2D eigenvalue weighted by molar-refractivity contribution is -0.137. The molecule has 0 bridgehead atoms. The first-order valence-electron chi connectivity index (χ1n) is 12.3. The highest BCUT2D eigenvalue weighted by Crippen LogP contribution is 2.35. The molecule has 3 aromatic rings. The number of methoxy groups -OCH3 is 1. The van der Waals surface area contributed by atoms with Gasteiger partial charge in [-0.05, 0) is 70.4 Å². The normalized spacial score (nSPS) is 11.6. The Bertz CT molecular complexity index is 1390. The molecule has 0 saturated heterocycles. The van der Waals surface area contributed by atoms with Gasteiger partial charge in [0.05, 0.1) is 40.9 Å². The van der Waals surface area contributed by atoms with Crippen molar-refractivity contribution in [1.82, 2.24) is 14.9 Å². The van der Waals surface area contributed by atoms with Crippen LogP contribution < -0.4 is 10.6 Å². The van der Waals surface area contributed by atoms with E-state index in [0.717, 1.165) is 12.1 Å². The number of nitriles is 1. The van der Waals surface area contributed by atoms with E-state index in [2.05, 4.69) is 15.6 Å². The molecule has 0 fully saturated rings. The quantitative estimate of drug-likeness (QED) is 0.244. The van der Waals surface area contributed by atoms with Crippen molar-refractivity contribution < 1.29 is 32.2 Å². The van der Waals surface area contributed by atoms with E-state index in [9.17, 15) is 28.0 Å². The number of amides is 1. The first-order valence-corrected chi connectivity index (χ1v) is 12.3. The SMILES string of the molecule is COC(=O)c1cccc(Nc2nc3cc(C#N)c(C(F)(F)F)cc3n2CCCCCNC(=O)OC(C)(C)C)c1. The molecule has 39 heavy (non-hydrogen) atoms. The molecule has 0 spiro atoms. The van der Waals surface area contributed by atoms with Crippen LogP contribution >= 0.6 is 0 Å². The van der Waals surface area contributed by atoms with Gasteiger partial charge in [-0.15, -0.1) is 0 Å². The van der Waals surface area contributed by atoms with Gasteiger partial charge in [0.1, 0.15) is 5.60 Å². The minimum absolute atomic E-state index is 0.208. The molecular weight excluding hydrogens is 515 g/mol. The van der Waals surface area contributed by atoms with Crippen LogP contribution in [0.2, 0.25) is 0 Å². The number of anilines is 2. The highest BCUT2D eigenvalue weighted by Gasteiger charge is 2.34. The van der Waals surface area contributed by atoms with Crippen molar-refractivity contribution >= 4 is 34.7 Å². The number of benzene rings is 2. The summed E-state index contributed by atoms with van der Waals surface area (Å²) in [5, 5.41) is 15.0. The average molecular weight is 546 g/mol. The maximum atomic E-state index is 13.7. The van der Waals surface area contributed by atoms with Crippen molar-refractivity contribution in [3.8, 4) is 6.07 Å². The van der Waals surface area contributed by atoms with Gasteiger partial charge in [-0.2, -0.15) is 18.4 Å². The van der Waals surface area contributed by atoms with Gasteiger partial charge in [-0.1, -0.05) is 6.07 Å². The predicted octanol–water partition coefficient (Wildman–Crippen LogP) is 6.15. The number of unbranched alkanes of at least 4 members (excludes halogenated alkanes) is 2. The number of rotatable bonds is 9. The van der Waals surface area contributed by atoms with Crippen LogP contribution in [0, 0.1) is 11.3 Å². The summed E-state index contributed by atoms with van der Waals surface area (Å²) in [4.78, 5) is 28.2. The first-order chi connectivity index (χ1) is 18.3. The standard InChI is InChI=1S/C27H30F3N5O4/c1-26(2,3)39-25(37)32-11-6-5-7-12-35-22-15-20(27(28,29)30)18(16-31)14-21(22)34-24(35)33-19-10-8-9-17(13-19)23(36)38-4/h8-10,13-15H,5-7,11-12H2,1-4H3,(H,32,37)(H,33,34). The first kappa shape index (κ1) is 29.3. The second kappa shape index (κ2) is 12.1. The third-order valence-corrected chi connectivity index (χ3v) is 5.58. The number of nitrogens with one attached hydrogen (secondary N) is 2. The van der Waals surface area contributed by atoms with Gasteiger partial charge in [0, 0.05) is 18.8 Å². The van der Waals surface area contributed by atoms with Crippen LogP contribution in [0.15, 0.2) is 36.4 Å². The van der Waals surface area contributed by atoms with E-state index in [1.165, 1.54) is 7.11 Å². The Hall–Kier alpha value is -4.27. The van der Waals surface area contributed by atoms with Gasteiger partial charge in [0.15, 0.2) is 0 Å². The summed E-state index contributed by atoms with van der Waals surface area (Å²) < 4.78 is 52.6. The summed E-state index contributed by atoms with van der Waals surface area (Å²) in [5.41, 5.74) is -0.974. The number of aromatic nitrogens is 2. The molecule has 208 valence electrons. The molecule has 1 heterocycles. The Labute approximate surface area is 223 Å². The molecule has 0 aliphatic carbocycles. The molecule has 0 radical (unpaired) electrons. The summed E-state index contributed by atoms with van der Waals surface area (Å²) in [6.45, 7) is 6.00. The average Bonchev–Trinajstić information content (AvgIpc) is 3.19. The Kier molecular flexibility index (Phi) is 9.06. The molecule has 0 aliphatic heterocycles. The number of alkyl carbamates (subject to hydrolysis) is 1. The number of hydrogen-bond acceptors (Lipinski definition) is 7. The van der Waals surface area contributed by atoms with Crippen LogP contribution in [-0.2, 0) is 22.2 Å². The molecule has 0 aliphatic rings. The van der Waals surface area contributed by atoms with E-state index < -0.39 is 35.0 Å². The predicted molar refractivity (Wildman–Crippen MR) is 139 cm³/mol. The van der Waals surface area contributed by atoms with E-state index in [0.29, 0.717) is 38.0 Å². The molecule has 3 rings (SSSR count). The van der Waals surface area contributed by atoms with Crippen LogP contribution in [0.25, 0.3) is 11.0 Å². The van der Waals surface area contributed by atoms with Gasteiger partial charge in [-0.3, -0.25) is 0 Å². The smallest absolute Gasteiger partial charge is 0.417 e. The summed E-state index contributed by atoms with van der Waals surface area (Å²) in [6.07, 6.45) is -3.38. The van der Waals surface area contributed by atoms with Gasteiger partial charge < -0.3 is 24.7 Å². The second-order valence-electron chi connectivity index (χ2n) is 9.77. The van der Waals surface area contributed by atoms with Crippen LogP contribution in [0.3, 0.4) is 0 Å². The number of imidazole rings is 1. The van der Waals surface area contributed by atoms with E-state index in [4.69, 9.17) is 9.47 Å². The number of carbonyl (C=O) groups excluding carboxylic acids is 2. The monoisotopic (exact) mass is 545 g/mol. The fourth-order valence-electron chi connectivity index (χ4n) is 3.87. The van der Waals surface area contributed by atoms with E-state index in [-0.39, 0.29) is 22.5 Å². The number of nitrogens with zero attached hydrogens (tertiary/aromatic N) is 3. The van der Waals surface area contributed by atoms with Crippen molar-refractivity contribution in [3.63, 3.8) is 0 Å². The highest BCUT2D eigenvalue weighted by molar-refractivity contribution is 5.90. The molecule has 1 aromatic heterocycles. The van der Waals surface area contributed by atoms with Gasteiger partial charge in [0.2, 0.25) is 5.95 Å². The molecule has 2 aromatic carbocycles. The number of hydrogen-bond donors (Lipinski definition) is 2. The van der Waals surface area contributed by atoms with Crippen LogP contribution in [0.4, 0.5) is 29.6 Å². The number of carbonyl (C=O) groups is 2. The fourth-order valence-corrected chi connectivity index (χ4v) is 3.87. The maximum absolute atomic E-state index is 13.7. The number of esters is 1. The van der Waals surface area contributed by atoms with E-state index >= 15 is 0 Å². The van der Waals surface area contributed by atoms with Crippen molar-refractivity contribution in [2.45, 2.75) is 58.4 Å². The summed E-state index contributed by atoms with van der Waals surface area (Å²) in [6, 6.07) is 10.1. The third kappa shape index (κ3) is 7.86. The minimum Gasteiger partial charge on any atom is -0.465 e. The Morgan fingerprint density at radius 3 is 2.49 bits per heavy atom. The lowest BCUT2D eigenvalue weighted by Gasteiger charge is -2.19. The lowest BCUT2D eigenvalue weighted by atomic mass is 10.1. The number of alkyl halides is 3. The lowest BCUT2D eigenvalue weighted by Crippen LogP contribution is -2.33. The zero-order valence-corrected chi connectivity index (χ0v) is 22.1. The van der Waals surface area contributed by atoms with Crippen molar-refractivity contribution in [2.75, 3.05) is 19.0 Å². The molecule has 0 saturated carbocycles. The Balaban J connectivity index is 1.84. The number of halogens is 3. The third-order valence-electron chi connectivity index (χ3n) is 5.58. The van der Waals surface area contributed by atoms with Gasteiger partial charge in [-0.25, -0.2) is 14.6 Å². The number of fused-ring (bicyclic) bond motifs is 1. The molecule has 9 nitrogen and oxygen atoms in total. The highest BCUT2D eigenvalue weighted by atomic mass is 19.4. The minimum atomic E-state index is -4.72. The second-order valence-corrected chi connectivity index (χ2v) is 9.77. The van der Waals surface area contributed by atoms with E-state index in [1.54, 1.807) is 55.7 Å². The summed E-state index contributed by atoms with van der Waals surface area (Å²) in [7, 11) is 1.26. The van der Waals surface area contributed by atoms with Crippen molar-refractivity contribution in [3.05, 3.63) is 53.1 Å². The molecule has 0 unspecified atom stereocenters. The Morgan fingerprint density at radius 2 is 1.85 bits per heavy atom. The summed E-state index contributed by atoms with van der Waals surface area (Å²) in [5.74, 6) is -0.289.